The van der Waals surface area contributed by atoms with Crippen molar-refractivity contribution in [2.24, 2.45) is 11.8 Å². The van der Waals surface area contributed by atoms with E-state index >= 15 is 0 Å². The molecule has 2 aromatic rings. The molecule has 5 nitrogen and oxygen atoms in total. The summed E-state index contributed by atoms with van der Waals surface area (Å²) in [5.41, 5.74) is 2.48. The average Bonchev–Trinajstić information content (AvgIpc) is 3.35. The highest BCUT2D eigenvalue weighted by atomic mass is 32.1. The number of piperazine rings is 1. The summed E-state index contributed by atoms with van der Waals surface area (Å²) >= 11 is 1.73. The highest BCUT2D eigenvalue weighted by molar-refractivity contribution is 7.14. The van der Waals surface area contributed by atoms with E-state index in [0.717, 1.165) is 72.6 Å². The summed E-state index contributed by atoms with van der Waals surface area (Å²) in [7, 11) is 0. The Bertz CT molecular complexity index is 873. The molecule has 0 unspecified atom stereocenters. The van der Waals surface area contributed by atoms with Gasteiger partial charge in [0.1, 0.15) is 16.3 Å². The normalized spacial score (nSPS) is 29.7. The molecular formula is C26H36N4OS. The van der Waals surface area contributed by atoms with E-state index < -0.39 is 0 Å². The van der Waals surface area contributed by atoms with Crippen molar-refractivity contribution in [3.8, 4) is 10.6 Å². The molecular weight excluding hydrogens is 416 g/mol. The molecule has 1 saturated heterocycles. The quantitative estimate of drug-likeness (QED) is 0.570. The van der Waals surface area contributed by atoms with Gasteiger partial charge in [-0.15, -0.1) is 10.2 Å². The standard InChI is InChI=1S/C26H36N4OS/c1-19-2-10-23(11-3-19)29-14-16-30(17-15-29)24-12-8-22(9-13-24)26-28-27-25(32-26)21-6-4-20(18-31)5-7-21/h8-9,12-13,18-21,23H,2-7,10-11,14-17H2,1H3/t19-,20-,21-,23+. The molecule has 5 rings (SSSR count). The molecule has 0 atom stereocenters. The number of hydrogen-bond acceptors (Lipinski definition) is 6. The summed E-state index contributed by atoms with van der Waals surface area (Å²) in [6.45, 7) is 7.02. The first-order valence-corrected chi connectivity index (χ1v) is 13.4. The smallest absolute Gasteiger partial charge is 0.147 e. The first kappa shape index (κ1) is 22.0. The SMILES string of the molecule is C[C@H]1CC[C@@H](N2CCN(c3ccc(-c4nnc([C@H]5CC[C@H](C=O)CC5)s4)cc3)CC2)CC1. The van der Waals surface area contributed by atoms with E-state index in [1.54, 1.807) is 11.3 Å². The van der Waals surface area contributed by atoms with Crippen molar-refractivity contribution in [2.45, 2.75) is 70.3 Å². The van der Waals surface area contributed by atoms with Gasteiger partial charge < -0.3 is 9.69 Å². The third-order valence-corrected chi connectivity index (χ3v) is 9.18. The highest BCUT2D eigenvalue weighted by Gasteiger charge is 2.27. The average molecular weight is 453 g/mol. The molecule has 32 heavy (non-hydrogen) atoms. The minimum Gasteiger partial charge on any atom is -0.369 e. The molecule has 3 aliphatic rings. The van der Waals surface area contributed by atoms with Crippen molar-refractivity contribution in [3.05, 3.63) is 29.3 Å². The van der Waals surface area contributed by atoms with Gasteiger partial charge in [-0.2, -0.15) is 0 Å². The van der Waals surface area contributed by atoms with Crippen LogP contribution in [0, 0.1) is 11.8 Å². The third kappa shape index (κ3) is 4.91. The summed E-state index contributed by atoms with van der Waals surface area (Å²) in [5.74, 6) is 1.65. The van der Waals surface area contributed by atoms with E-state index in [9.17, 15) is 4.79 Å². The van der Waals surface area contributed by atoms with Gasteiger partial charge in [0.25, 0.3) is 0 Å². The summed E-state index contributed by atoms with van der Waals surface area (Å²) in [6.07, 6.45) is 10.8. The largest absolute Gasteiger partial charge is 0.369 e. The van der Waals surface area contributed by atoms with Crippen LogP contribution in [0.15, 0.2) is 24.3 Å². The molecule has 0 radical (unpaired) electrons. The molecule has 1 aliphatic heterocycles. The molecule has 2 aliphatic carbocycles. The Morgan fingerprint density at radius 1 is 0.875 bits per heavy atom. The fourth-order valence-electron chi connectivity index (χ4n) is 5.79. The maximum Gasteiger partial charge on any atom is 0.147 e. The van der Waals surface area contributed by atoms with Gasteiger partial charge in [0.2, 0.25) is 0 Å². The maximum absolute atomic E-state index is 11.0. The first-order valence-electron chi connectivity index (χ1n) is 12.6. The molecule has 1 aromatic heterocycles. The van der Waals surface area contributed by atoms with Crippen molar-refractivity contribution >= 4 is 23.3 Å². The van der Waals surface area contributed by atoms with Crippen molar-refractivity contribution in [1.29, 1.82) is 0 Å². The number of benzene rings is 1. The summed E-state index contributed by atoms with van der Waals surface area (Å²) in [5, 5.41) is 11.1. The van der Waals surface area contributed by atoms with Crippen LogP contribution in [0.4, 0.5) is 5.69 Å². The number of anilines is 1. The van der Waals surface area contributed by atoms with Crippen LogP contribution >= 0.6 is 11.3 Å². The van der Waals surface area contributed by atoms with Crippen molar-refractivity contribution in [1.82, 2.24) is 15.1 Å². The van der Waals surface area contributed by atoms with Crippen LogP contribution in [-0.4, -0.2) is 53.6 Å². The van der Waals surface area contributed by atoms with Gasteiger partial charge >= 0.3 is 0 Å². The number of nitrogens with zero attached hydrogens (tertiary/aromatic N) is 4. The lowest BCUT2D eigenvalue weighted by molar-refractivity contribution is -0.111. The minimum atomic E-state index is 0.249. The van der Waals surface area contributed by atoms with Crippen LogP contribution in [-0.2, 0) is 4.79 Å². The molecule has 172 valence electrons. The van der Waals surface area contributed by atoms with Gasteiger partial charge in [-0.1, -0.05) is 18.3 Å². The van der Waals surface area contributed by atoms with Crippen LogP contribution in [0.2, 0.25) is 0 Å². The van der Waals surface area contributed by atoms with Gasteiger partial charge in [0.15, 0.2) is 0 Å². The fourth-order valence-corrected chi connectivity index (χ4v) is 6.80. The summed E-state index contributed by atoms with van der Waals surface area (Å²) < 4.78 is 0. The molecule has 6 heteroatoms. The van der Waals surface area contributed by atoms with Crippen LogP contribution in [0.3, 0.4) is 0 Å². The fraction of sp³-hybridized carbons (Fsp3) is 0.654. The molecule has 1 aromatic carbocycles. The van der Waals surface area contributed by atoms with Gasteiger partial charge in [-0.3, -0.25) is 4.90 Å². The Morgan fingerprint density at radius 2 is 1.56 bits per heavy atom. The van der Waals surface area contributed by atoms with Crippen LogP contribution < -0.4 is 4.90 Å². The second kappa shape index (κ2) is 10.0. The van der Waals surface area contributed by atoms with Crippen molar-refractivity contribution in [2.75, 3.05) is 31.1 Å². The van der Waals surface area contributed by atoms with Gasteiger partial charge in [0, 0.05) is 55.3 Å². The molecule has 0 bridgehead atoms. The van der Waals surface area contributed by atoms with Crippen LogP contribution in [0.1, 0.15) is 69.2 Å². The van der Waals surface area contributed by atoms with E-state index in [4.69, 9.17) is 0 Å². The summed E-state index contributed by atoms with van der Waals surface area (Å²) in [4.78, 5) is 16.3. The van der Waals surface area contributed by atoms with E-state index in [1.165, 1.54) is 44.5 Å². The topological polar surface area (TPSA) is 49.3 Å². The van der Waals surface area contributed by atoms with E-state index in [2.05, 4.69) is 51.2 Å². The minimum absolute atomic E-state index is 0.249. The molecule has 2 saturated carbocycles. The monoisotopic (exact) mass is 452 g/mol. The number of hydrogen-bond donors (Lipinski definition) is 0. The lowest BCUT2D eigenvalue weighted by Crippen LogP contribution is -2.51. The third-order valence-electron chi connectivity index (χ3n) is 8.05. The Kier molecular flexibility index (Phi) is 6.88. The Morgan fingerprint density at radius 3 is 2.22 bits per heavy atom. The second-order valence-corrected chi connectivity index (χ2v) is 11.2. The van der Waals surface area contributed by atoms with Gasteiger partial charge in [-0.25, -0.2) is 0 Å². The predicted molar refractivity (Wildman–Crippen MR) is 131 cm³/mol. The Balaban J connectivity index is 1.16. The first-order chi connectivity index (χ1) is 15.7. The van der Waals surface area contributed by atoms with E-state index in [1.807, 2.05) is 0 Å². The van der Waals surface area contributed by atoms with Crippen LogP contribution in [0.5, 0.6) is 0 Å². The summed E-state index contributed by atoms with van der Waals surface area (Å²) in [6, 6.07) is 9.74. The molecule has 0 spiro atoms. The predicted octanol–water partition coefficient (Wildman–Crippen LogP) is 5.38. The van der Waals surface area contributed by atoms with E-state index in [-0.39, 0.29) is 5.92 Å². The lowest BCUT2D eigenvalue weighted by Gasteiger charge is -2.42. The van der Waals surface area contributed by atoms with Gasteiger partial charge in [0.05, 0.1) is 0 Å². The van der Waals surface area contributed by atoms with Crippen molar-refractivity contribution < 1.29 is 4.79 Å². The van der Waals surface area contributed by atoms with Gasteiger partial charge in [-0.05, 0) is 81.5 Å². The second-order valence-electron chi connectivity index (χ2n) is 10.2. The zero-order valence-electron chi connectivity index (χ0n) is 19.3. The number of aromatic nitrogens is 2. The molecule has 0 N–H and O–H groups in total. The number of rotatable bonds is 5. The number of carbonyl (C=O) groups excluding carboxylic acids is 1. The molecule has 2 heterocycles. The molecule has 3 fully saturated rings. The zero-order chi connectivity index (χ0) is 21.9. The Labute approximate surface area is 196 Å². The van der Waals surface area contributed by atoms with E-state index in [0.29, 0.717) is 5.92 Å². The van der Waals surface area contributed by atoms with Crippen molar-refractivity contribution in [3.63, 3.8) is 0 Å². The Hall–Kier alpha value is -1.79. The maximum atomic E-state index is 11.0. The highest BCUT2D eigenvalue weighted by Crippen LogP contribution is 2.38. The molecule has 0 amide bonds. The lowest BCUT2D eigenvalue weighted by atomic mass is 9.83. The zero-order valence-corrected chi connectivity index (χ0v) is 20.1. The van der Waals surface area contributed by atoms with Crippen LogP contribution in [0.25, 0.3) is 10.6 Å². The number of carbonyl (C=O) groups is 1. The number of aldehydes is 1.